The Morgan fingerprint density at radius 3 is 2.44 bits per heavy atom. The average Bonchev–Trinajstić information content (AvgIpc) is 2.74. The monoisotopic (exact) mass is 257 g/mol. The summed E-state index contributed by atoms with van der Waals surface area (Å²) in [6.45, 7) is 2.21. The predicted molar refractivity (Wildman–Crippen MR) is 67.1 cm³/mol. The summed E-state index contributed by atoms with van der Waals surface area (Å²) in [6.07, 6.45) is 4.06. The smallest absolute Gasteiger partial charge is 0.310 e. The molecule has 5 heteroatoms. The highest BCUT2D eigenvalue weighted by molar-refractivity contribution is 5.85. The first-order chi connectivity index (χ1) is 8.46. The van der Waals surface area contributed by atoms with Gasteiger partial charge < -0.3 is 15.5 Å². The summed E-state index contributed by atoms with van der Waals surface area (Å²) in [5.74, 6) is -1.04. The molecular formula is C13H23NO4. The Labute approximate surface area is 108 Å². The third-order valence-corrected chi connectivity index (χ3v) is 3.63. The van der Waals surface area contributed by atoms with Gasteiger partial charge in [-0.2, -0.15) is 0 Å². The van der Waals surface area contributed by atoms with Crippen LogP contribution in [0.25, 0.3) is 0 Å². The fourth-order valence-corrected chi connectivity index (χ4v) is 2.51. The Bertz CT molecular complexity index is 295. The van der Waals surface area contributed by atoms with Gasteiger partial charge >= 0.3 is 5.97 Å². The number of carbonyl (C=O) groups is 2. The summed E-state index contributed by atoms with van der Waals surface area (Å²) < 4.78 is 0. The van der Waals surface area contributed by atoms with E-state index in [1.165, 1.54) is 0 Å². The average molecular weight is 257 g/mol. The second kappa shape index (κ2) is 6.73. The van der Waals surface area contributed by atoms with Gasteiger partial charge in [-0.25, -0.2) is 0 Å². The Balaban J connectivity index is 2.32. The highest BCUT2D eigenvalue weighted by atomic mass is 16.4. The number of carbonyl (C=O) groups excluding carboxylic acids is 1. The molecule has 1 unspecified atom stereocenters. The number of carboxylic acid groups (broad SMARTS) is 1. The summed E-state index contributed by atoms with van der Waals surface area (Å²) in [5, 5.41) is 21.0. The van der Waals surface area contributed by atoms with Gasteiger partial charge in [0.2, 0.25) is 5.91 Å². The van der Waals surface area contributed by atoms with Gasteiger partial charge in [-0.3, -0.25) is 9.59 Å². The van der Waals surface area contributed by atoms with Crippen molar-refractivity contribution in [2.24, 2.45) is 5.41 Å². The summed E-state index contributed by atoms with van der Waals surface area (Å²) in [4.78, 5) is 23.0. The molecule has 18 heavy (non-hydrogen) atoms. The second-order valence-electron chi connectivity index (χ2n) is 5.31. The normalized spacial score (nSPS) is 19.4. The lowest BCUT2D eigenvalue weighted by Crippen LogP contribution is -2.36. The molecule has 1 aliphatic carbocycles. The maximum atomic E-state index is 11.7. The van der Waals surface area contributed by atoms with Crippen LogP contribution in [-0.4, -0.2) is 34.7 Å². The lowest BCUT2D eigenvalue weighted by atomic mass is 9.82. The van der Waals surface area contributed by atoms with Gasteiger partial charge in [0.25, 0.3) is 0 Å². The van der Waals surface area contributed by atoms with Gasteiger partial charge in [-0.1, -0.05) is 12.8 Å². The summed E-state index contributed by atoms with van der Waals surface area (Å²) in [5.41, 5.74) is -0.839. The molecule has 5 nitrogen and oxygen atoms in total. The van der Waals surface area contributed by atoms with E-state index in [-0.39, 0.29) is 18.4 Å². The van der Waals surface area contributed by atoms with Crippen LogP contribution in [0.5, 0.6) is 0 Å². The van der Waals surface area contributed by atoms with Crippen molar-refractivity contribution in [3.05, 3.63) is 0 Å². The van der Waals surface area contributed by atoms with Crippen molar-refractivity contribution in [3.8, 4) is 0 Å². The fraction of sp³-hybridized carbons (Fsp3) is 0.846. The highest BCUT2D eigenvalue weighted by Gasteiger charge is 2.42. The first kappa shape index (κ1) is 15.0. The topological polar surface area (TPSA) is 86.6 Å². The molecule has 0 spiro atoms. The van der Waals surface area contributed by atoms with E-state index in [0.29, 0.717) is 32.2 Å². The molecule has 0 aliphatic heterocycles. The first-order valence-electron chi connectivity index (χ1n) is 6.64. The highest BCUT2D eigenvalue weighted by Crippen LogP contribution is 2.41. The van der Waals surface area contributed by atoms with Gasteiger partial charge in [0.1, 0.15) is 0 Å². The van der Waals surface area contributed by atoms with Crippen LogP contribution >= 0.6 is 0 Å². The third kappa shape index (κ3) is 4.29. The van der Waals surface area contributed by atoms with Crippen LogP contribution in [0.2, 0.25) is 0 Å². The molecule has 0 bridgehead atoms. The molecule has 0 aromatic carbocycles. The molecule has 0 heterocycles. The Kier molecular flexibility index (Phi) is 5.59. The van der Waals surface area contributed by atoms with Gasteiger partial charge in [0, 0.05) is 13.0 Å². The number of aliphatic hydroxyl groups excluding tert-OH is 1. The maximum Gasteiger partial charge on any atom is 0.310 e. The van der Waals surface area contributed by atoms with Crippen molar-refractivity contribution in [1.82, 2.24) is 5.32 Å². The van der Waals surface area contributed by atoms with E-state index in [2.05, 4.69) is 5.32 Å². The van der Waals surface area contributed by atoms with Crippen molar-refractivity contribution in [1.29, 1.82) is 0 Å². The number of amides is 1. The molecule has 1 fully saturated rings. The lowest BCUT2D eigenvalue weighted by Gasteiger charge is -2.22. The minimum atomic E-state index is -0.848. The molecule has 0 aromatic heterocycles. The predicted octanol–water partition coefficient (Wildman–Crippen LogP) is 1.30. The van der Waals surface area contributed by atoms with Gasteiger partial charge in [-0.05, 0) is 32.6 Å². The van der Waals surface area contributed by atoms with Gasteiger partial charge in [-0.15, -0.1) is 0 Å². The standard InChI is InChI=1S/C13H23NO4/c1-10(15)5-4-8-14-11(16)9-13(12(17)18)6-2-3-7-13/h10,15H,2-9H2,1H3,(H,14,16)(H,17,18). The number of aliphatic hydroxyl groups is 1. The van der Waals surface area contributed by atoms with Crippen LogP contribution in [-0.2, 0) is 9.59 Å². The zero-order valence-corrected chi connectivity index (χ0v) is 10.9. The quantitative estimate of drug-likeness (QED) is 0.600. The second-order valence-corrected chi connectivity index (χ2v) is 5.31. The van der Waals surface area contributed by atoms with Crippen molar-refractivity contribution in [2.75, 3.05) is 6.54 Å². The number of nitrogens with one attached hydrogen (secondary N) is 1. The molecule has 1 saturated carbocycles. The van der Waals surface area contributed by atoms with E-state index in [0.717, 1.165) is 12.8 Å². The minimum Gasteiger partial charge on any atom is -0.481 e. The lowest BCUT2D eigenvalue weighted by molar-refractivity contribution is -0.151. The van der Waals surface area contributed by atoms with Crippen LogP contribution < -0.4 is 5.32 Å². The van der Waals surface area contributed by atoms with Gasteiger partial charge in [0.05, 0.1) is 11.5 Å². The molecule has 1 aliphatic rings. The third-order valence-electron chi connectivity index (χ3n) is 3.63. The van der Waals surface area contributed by atoms with E-state index in [1.807, 2.05) is 0 Å². The van der Waals surface area contributed by atoms with Crippen LogP contribution in [0.1, 0.15) is 51.9 Å². The SMILES string of the molecule is CC(O)CCCNC(=O)CC1(C(=O)O)CCCC1. The van der Waals surface area contributed by atoms with Crippen LogP contribution in [0, 0.1) is 5.41 Å². The van der Waals surface area contributed by atoms with E-state index < -0.39 is 11.4 Å². The molecule has 0 saturated heterocycles. The molecule has 3 N–H and O–H groups in total. The van der Waals surface area contributed by atoms with Crippen molar-refractivity contribution in [3.63, 3.8) is 0 Å². The summed E-state index contributed by atoms with van der Waals surface area (Å²) in [6, 6.07) is 0. The molecule has 0 radical (unpaired) electrons. The number of hydrogen-bond acceptors (Lipinski definition) is 3. The van der Waals surface area contributed by atoms with Gasteiger partial charge in [0.15, 0.2) is 0 Å². The van der Waals surface area contributed by atoms with Crippen LogP contribution in [0.4, 0.5) is 0 Å². The zero-order valence-electron chi connectivity index (χ0n) is 10.9. The van der Waals surface area contributed by atoms with Crippen molar-refractivity contribution >= 4 is 11.9 Å². The molecule has 1 atom stereocenters. The summed E-state index contributed by atoms with van der Waals surface area (Å²) >= 11 is 0. The summed E-state index contributed by atoms with van der Waals surface area (Å²) in [7, 11) is 0. The number of rotatable bonds is 7. The zero-order chi connectivity index (χ0) is 13.6. The molecular weight excluding hydrogens is 234 g/mol. The van der Waals surface area contributed by atoms with Crippen molar-refractivity contribution < 1.29 is 19.8 Å². The van der Waals surface area contributed by atoms with E-state index in [4.69, 9.17) is 5.11 Å². The van der Waals surface area contributed by atoms with Crippen LogP contribution in [0.3, 0.4) is 0 Å². The number of hydrogen-bond donors (Lipinski definition) is 3. The largest absolute Gasteiger partial charge is 0.481 e. The van der Waals surface area contributed by atoms with E-state index >= 15 is 0 Å². The Hall–Kier alpha value is -1.10. The van der Waals surface area contributed by atoms with Crippen molar-refractivity contribution in [2.45, 2.75) is 58.0 Å². The Morgan fingerprint density at radius 2 is 1.94 bits per heavy atom. The van der Waals surface area contributed by atoms with E-state index in [9.17, 15) is 14.7 Å². The minimum absolute atomic E-state index is 0.0804. The molecule has 1 amide bonds. The first-order valence-corrected chi connectivity index (χ1v) is 6.64. The molecule has 104 valence electrons. The van der Waals surface area contributed by atoms with Crippen LogP contribution in [0.15, 0.2) is 0 Å². The molecule has 0 aromatic rings. The maximum absolute atomic E-state index is 11.7. The Morgan fingerprint density at radius 1 is 1.33 bits per heavy atom. The number of carboxylic acids is 1. The fourth-order valence-electron chi connectivity index (χ4n) is 2.51. The molecule has 1 rings (SSSR count). The number of aliphatic carboxylic acids is 1. The van der Waals surface area contributed by atoms with E-state index in [1.54, 1.807) is 6.92 Å².